The molecule has 3 aromatic rings. The average molecular weight is 403 g/mol. The van der Waals surface area contributed by atoms with Gasteiger partial charge in [0.1, 0.15) is 0 Å². The molecule has 0 radical (unpaired) electrons. The van der Waals surface area contributed by atoms with Crippen LogP contribution in [0.2, 0.25) is 0 Å². The topological polar surface area (TPSA) is 34.0 Å². The smallest absolute Gasteiger partial charge is 0.251 e. The number of carbonyl (C=O) groups excluding carboxylic acids is 1. The molecule has 2 aromatic carbocycles. The molecule has 0 aliphatic heterocycles. The van der Waals surface area contributed by atoms with Crippen LogP contribution in [0.4, 0.5) is 0 Å². The van der Waals surface area contributed by atoms with Gasteiger partial charge in [0.05, 0.1) is 6.04 Å². The second-order valence-corrected chi connectivity index (χ2v) is 9.01. The van der Waals surface area contributed by atoms with Gasteiger partial charge in [0.2, 0.25) is 0 Å². The number of aryl methyl sites for hydroxylation is 2. The first-order valence-electron chi connectivity index (χ1n) is 11.5. The number of rotatable bonds is 8. The van der Waals surface area contributed by atoms with E-state index in [0.717, 1.165) is 30.0 Å². The standard InChI is InChI=1S/C27H34N2O/c1-4-5-7-21-10-12-23(13-11-21)20(3)28-27(30)25-15-14-24-16-19(2)29(26(24)17-25)18-22-8-6-9-22/h10-17,20,22H,4-9,18H2,1-3H3,(H,28,30)/t20-/m0/s1. The first-order valence-corrected chi connectivity index (χ1v) is 11.5. The van der Waals surface area contributed by atoms with Gasteiger partial charge in [-0.15, -0.1) is 0 Å². The van der Waals surface area contributed by atoms with E-state index in [1.807, 2.05) is 6.07 Å². The number of carbonyl (C=O) groups is 1. The summed E-state index contributed by atoms with van der Waals surface area (Å²) < 4.78 is 2.40. The molecule has 0 bridgehead atoms. The minimum atomic E-state index is -0.0167. The van der Waals surface area contributed by atoms with Crippen LogP contribution in [0, 0.1) is 12.8 Å². The van der Waals surface area contributed by atoms with Gasteiger partial charge < -0.3 is 9.88 Å². The predicted molar refractivity (Wildman–Crippen MR) is 125 cm³/mol. The molecule has 158 valence electrons. The number of unbranched alkanes of at least 4 members (excludes halogenated alkanes) is 1. The number of hydrogen-bond donors (Lipinski definition) is 1. The van der Waals surface area contributed by atoms with Gasteiger partial charge in [-0.3, -0.25) is 4.79 Å². The molecule has 1 saturated carbocycles. The Morgan fingerprint density at radius 1 is 1.13 bits per heavy atom. The zero-order chi connectivity index (χ0) is 21.1. The summed E-state index contributed by atoms with van der Waals surface area (Å²) in [5, 5.41) is 4.40. The summed E-state index contributed by atoms with van der Waals surface area (Å²) in [6, 6.07) is 17.0. The lowest BCUT2D eigenvalue weighted by molar-refractivity contribution is 0.0940. The normalized spacial score (nSPS) is 15.2. The van der Waals surface area contributed by atoms with E-state index in [4.69, 9.17) is 0 Å². The van der Waals surface area contributed by atoms with Crippen LogP contribution in [-0.2, 0) is 13.0 Å². The van der Waals surface area contributed by atoms with Crippen molar-refractivity contribution in [2.45, 2.75) is 71.9 Å². The van der Waals surface area contributed by atoms with Crippen molar-refractivity contribution in [3.05, 3.63) is 70.9 Å². The number of nitrogens with one attached hydrogen (secondary N) is 1. The molecule has 0 unspecified atom stereocenters. The molecule has 1 aromatic heterocycles. The second-order valence-electron chi connectivity index (χ2n) is 9.01. The van der Waals surface area contributed by atoms with Crippen molar-refractivity contribution in [3.8, 4) is 0 Å². The number of hydrogen-bond acceptors (Lipinski definition) is 1. The highest BCUT2D eigenvalue weighted by Gasteiger charge is 2.20. The SMILES string of the molecule is CCCCc1ccc([C@H](C)NC(=O)c2ccc3cc(C)n(CC4CCC4)c3c2)cc1. The summed E-state index contributed by atoms with van der Waals surface area (Å²) in [5.74, 6) is 0.783. The Balaban J connectivity index is 1.47. The molecule has 1 aliphatic carbocycles. The minimum absolute atomic E-state index is 0.00601. The largest absolute Gasteiger partial charge is 0.346 e. The second kappa shape index (κ2) is 9.07. The number of fused-ring (bicyclic) bond motifs is 1. The molecule has 0 spiro atoms. The lowest BCUT2D eigenvalue weighted by Gasteiger charge is -2.27. The molecule has 3 nitrogen and oxygen atoms in total. The molecule has 3 heteroatoms. The molecule has 1 fully saturated rings. The third-order valence-corrected chi connectivity index (χ3v) is 6.69. The molecule has 30 heavy (non-hydrogen) atoms. The van der Waals surface area contributed by atoms with Gasteiger partial charge in [-0.2, -0.15) is 0 Å². The van der Waals surface area contributed by atoms with Crippen molar-refractivity contribution in [1.29, 1.82) is 0 Å². The van der Waals surface area contributed by atoms with Crippen molar-refractivity contribution in [1.82, 2.24) is 9.88 Å². The maximum Gasteiger partial charge on any atom is 0.251 e. The van der Waals surface area contributed by atoms with Crippen LogP contribution >= 0.6 is 0 Å². The highest BCUT2D eigenvalue weighted by molar-refractivity contribution is 5.98. The van der Waals surface area contributed by atoms with Crippen molar-refractivity contribution in [2.24, 2.45) is 5.92 Å². The molecule has 1 atom stereocenters. The van der Waals surface area contributed by atoms with Crippen LogP contribution in [0.25, 0.3) is 10.9 Å². The van der Waals surface area contributed by atoms with E-state index in [2.05, 4.69) is 73.1 Å². The highest BCUT2D eigenvalue weighted by atomic mass is 16.1. The molecular formula is C27H34N2O. The Hall–Kier alpha value is -2.55. The summed E-state index contributed by atoms with van der Waals surface area (Å²) in [5.41, 5.74) is 5.72. The van der Waals surface area contributed by atoms with E-state index in [0.29, 0.717) is 0 Å². The van der Waals surface area contributed by atoms with Crippen molar-refractivity contribution < 1.29 is 4.79 Å². The Bertz CT molecular complexity index is 1010. The summed E-state index contributed by atoms with van der Waals surface area (Å²) in [7, 11) is 0. The minimum Gasteiger partial charge on any atom is -0.346 e. The van der Waals surface area contributed by atoms with Gasteiger partial charge in [-0.25, -0.2) is 0 Å². The molecule has 4 rings (SSSR count). The average Bonchev–Trinajstić information content (AvgIpc) is 3.03. The Morgan fingerprint density at radius 3 is 2.57 bits per heavy atom. The Labute approximate surface area is 180 Å². The Kier molecular flexibility index (Phi) is 6.26. The number of nitrogens with zero attached hydrogens (tertiary/aromatic N) is 1. The maximum absolute atomic E-state index is 13.0. The van der Waals surface area contributed by atoms with Crippen LogP contribution in [0.15, 0.2) is 48.5 Å². The molecular weight excluding hydrogens is 368 g/mol. The van der Waals surface area contributed by atoms with Crippen molar-refractivity contribution >= 4 is 16.8 Å². The summed E-state index contributed by atoms with van der Waals surface area (Å²) >= 11 is 0. The molecule has 1 N–H and O–H groups in total. The van der Waals surface area contributed by atoms with Crippen LogP contribution in [0.5, 0.6) is 0 Å². The molecule has 1 aliphatic rings. The zero-order valence-electron chi connectivity index (χ0n) is 18.6. The molecule has 1 heterocycles. The van der Waals surface area contributed by atoms with Crippen LogP contribution in [-0.4, -0.2) is 10.5 Å². The van der Waals surface area contributed by atoms with E-state index in [1.165, 1.54) is 54.3 Å². The zero-order valence-corrected chi connectivity index (χ0v) is 18.6. The van der Waals surface area contributed by atoms with Gasteiger partial charge in [0.25, 0.3) is 5.91 Å². The maximum atomic E-state index is 13.0. The first-order chi connectivity index (χ1) is 14.5. The van der Waals surface area contributed by atoms with E-state index >= 15 is 0 Å². The fourth-order valence-corrected chi connectivity index (χ4v) is 4.43. The monoisotopic (exact) mass is 402 g/mol. The van der Waals surface area contributed by atoms with Gasteiger partial charge >= 0.3 is 0 Å². The molecule has 0 saturated heterocycles. The number of benzene rings is 2. The van der Waals surface area contributed by atoms with E-state index in [1.54, 1.807) is 0 Å². The number of aromatic nitrogens is 1. The van der Waals surface area contributed by atoms with Gasteiger partial charge in [-0.1, -0.05) is 50.1 Å². The van der Waals surface area contributed by atoms with E-state index in [-0.39, 0.29) is 11.9 Å². The summed E-state index contributed by atoms with van der Waals surface area (Å²) in [6.07, 6.45) is 7.56. The van der Waals surface area contributed by atoms with Gasteiger partial charge in [0.15, 0.2) is 0 Å². The Morgan fingerprint density at radius 2 is 1.90 bits per heavy atom. The fraction of sp³-hybridized carbons (Fsp3) is 0.444. The lowest BCUT2D eigenvalue weighted by atomic mass is 9.85. The van der Waals surface area contributed by atoms with Crippen molar-refractivity contribution in [2.75, 3.05) is 0 Å². The van der Waals surface area contributed by atoms with E-state index < -0.39 is 0 Å². The highest BCUT2D eigenvalue weighted by Crippen LogP contribution is 2.31. The third-order valence-electron chi connectivity index (χ3n) is 6.69. The number of amides is 1. The van der Waals surface area contributed by atoms with E-state index in [9.17, 15) is 4.79 Å². The first kappa shape index (κ1) is 20.7. The van der Waals surface area contributed by atoms with Crippen LogP contribution in [0.1, 0.15) is 79.2 Å². The quantitative estimate of drug-likeness (QED) is 0.453. The summed E-state index contributed by atoms with van der Waals surface area (Å²) in [6.45, 7) is 7.52. The third kappa shape index (κ3) is 4.45. The van der Waals surface area contributed by atoms with Crippen LogP contribution < -0.4 is 5.32 Å². The molecule has 1 amide bonds. The predicted octanol–water partition coefficient (Wildman–Crippen LogP) is 6.58. The van der Waals surface area contributed by atoms with Crippen LogP contribution in [0.3, 0.4) is 0 Å². The lowest BCUT2D eigenvalue weighted by Crippen LogP contribution is -2.26. The fourth-order valence-electron chi connectivity index (χ4n) is 4.43. The van der Waals surface area contributed by atoms with Crippen molar-refractivity contribution in [3.63, 3.8) is 0 Å². The van der Waals surface area contributed by atoms with Gasteiger partial charge in [-0.05, 0) is 80.2 Å². The van der Waals surface area contributed by atoms with Gasteiger partial charge in [0, 0.05) is 23.3 Å². The summed E-state index contributed by atoms with van der Waals surface area (Å²) in [4.78, 5) is 13.0.